The number of hydrogen-bond acceptors (Lipinski definition) is 6. The van der Waals surface area contributed by atoms with Gasteiger partial charge in [0.15, 0.2) is 11.5 Å². The summed E-state index contributed by atoms with van der Waals surface area (Å²) in [5, 5.41) is 0. The first kappa shape index (κ1) is 13.6. The average Bonchev–Trinajstić information content (AvgIpc) is 2.47. The highest BCUT2D eigenvalue weighted by Crippen LogP contribution is 2.13. The number of hydrazine groups is 1. The van der Waals surface area contributed by atoms with Gasteiger partial charge in [-0.15, -0.1) is 0 Å². The molecule has 0 radical (unpaired) electrons. The third-order valence-electron chi connectivity index (χ3n) is 2.50. The Morgan fingerprint density at radius 1 is 1.25 bits per heavy atom. The standard InChI is InChI=1S/C12H10FN5O2/c13-7-4-2-1-3-6(7)10(19)8-5-16-11(14)9(17-8)12(20)18-15/h1-5H,15H2,(H2,14,16)(H,18,20). The molecule has 8 heteroatoms. The first-order valence-corrected chi connectivity index (χ1v) is 5.47. The molecule has 1 aromatic heterocycles. The molecule has 5 N–H and O–H groups in total. The van der Waals surface area contributed by atoms with Crippen LogP contribution in [0.1, 0.15) is 26.5 Å². The van der Waals surface area contributed by atoms with Gasteiger partial charge in [-0.25, -0.2) is 20.2 Å². The SMILES string of the molecule is NNC(=O)c1nc(C(=O)c2ccccc2F)cnc1N. The van der Waals surface area contributed by atoms with Crippen LogP contribution in [0.4, 0.5) is 10.2 Å². The summed E-state index contributed by atoms with van der Waals surface area (Å²) in [6, 6.07) is 5.41. The van der Waals surface area contributed by atoms with E-state index in [1.165, 1.54) is 18.2 Å². The maximum Gasteiger partial charge on any atom is 0.287 e. The Bertz CT molecular complexity index is 689. The van der Waals surface area contributed by atoms with Crippen molar-refractivity contribution < 1.29 is 14.0 Å². The van der Waals surface area contributed by atoms with E-state index in [1.807, 2.05) is 5.43 Å². The van der Waals surface area contributed by atoms with Gasteiger partial charge in [-0.05, 0) is 12.1 Å². The lowest BCUT2D eigenvalue weighted by Gasteiger charge is -2.05. The number of anilines is 1. The van der Waals surface area contributed by atoms with Crippen LogP contribution >= 0.6 is 0 Å². The van der Waals surface area contributed by atoms with Crippen molar-refractivity contribution in [3.8, 4) is 0 Å². The van der Waals surface area contributed by atoms with Crippen LogP contribution in [0.25, 0.3) is 0 Å². The largest absolute Gasteiger partial charge is 0.382 e. The highest BCUT2D eigenvalue weighted by atomic mass is 19.1. The van der Waals surface area contributed by atoms with Crippen molar-refractivity contribution >= 4 is 17.5 Å². The Morgan fingerprint density at radius 3 is 2.60 bits per heavy atom. The van der Waals surface area contributed by atoms with Crippen LogP contribution in [-0.4, -0.2) is 21.7 Å². The summed E-state index contributed by atoms with van der Waals surface area (Å²) in [6.07, 6.45) is 1.07. The number of carbonyl (C=O) groups is 2. The number of amides is 1. The van der Waals surface area contributed by atoms with Gasteiger partial charge in [0.05, 0.1) is 11.8 Å². The number of carbonyl (C=O) groups excluding carboxylic acids is 2. The maximum atomic E-state index is 13.5. The second-order valence-electron chi connectivity index (χ2n) is 3.77. The molecule has 0 spiro atoms. The molecular weight excluding hydrogens is 265 g/mol. The number of halogens is 1. The van der Waals surface area contributed by atoms with Gasteiger partial charge in [0, 0.05) is 0 Å². The second kappa shape index (κ2) is 5.41. The van der Waals surface area contributed by atoms with Crippen molar-refractivity contribution in [2.45, 2.75) is 0 Å². The Hall–Kier alpha value is -2.87. The molecule has 2 rings (SSSR count). The third-order valence-corrected chi connectivity index (χ3v) is 2.50. The summed E-state index contributed by atoms with van der Waals surface area (Å²) in [6.45, 7) is 0. The fraction of sp³-hybridized carbons (Fsp3) is 0. The number of nitrogens with zero attached hydrogens (tertiary/aromatic N) is 2. The molecule has 1 amide bonds. The quantitative estimate of drug-likeness (QED) is 0.314. The Balaban J connectivity index is 2.46. The topological polar surface area (TPSA) is 124 Å². The van der Waals surface area contributed by atoms with Gasteiger partial charge in [-0.1, -0.05) is 12.1 Å². The van der Waals surface area contributed by atoms with Gasteiger partial charge in [0.25, 0.3) is 5.91 Å². The maximum absolute atomic E-state index is 13.5. The molecule has 0 aliphatic carbocycles. The Morgan fingerprint density at radius 2 is 1.95 bits per heavy atom. The Kier molecular flexibility index (Phi) is 3.67. The van der Waals surface area contributed by atoms with Crippen LogP contribution in [0.2, 0.25) is 0 Å². The molecule has 0 bridgehead atoms. The van der Waals surface area contributed by atoms with E-state index in [2.05, 4.69) is 9.97 Å². The van der Waals surface area contributed by atoms with E-state index in [0.29, 0.717) is 0 Å². The smallest absolute Gasteiger partial charge is 0.287 e. The van der Waals surface area contributed by atoms with E-state index in [0.717, 1.165) is 12.3 Å². The summed E-state index contributed by atoms with van der Waals surface area (Å²) < 4.78 is 13.5. The van der Waals surface area contributed by atoms with Crippen LogP contribution in [0.3, 0.4) is 0 Å². The van der Waals surface area contributed by atoms with Crippen molar-refractivity contribution in [3.05, 3.63) is 53.2 Å². The number of hydrogen-bond donors (Lipinski definition) is 3. The monoisotopic (exact) mass is 275 g/mol. The molecule has 7 nitrogen and oxygen atoms in total. The molecule has 0 aliphatic rings. The zero-order valence-corrected chi connectivity index (χ0v) is 10.1. The minimum Gasteiger partial charge on any atom is -0.382 e. The summed E-state index contributed by atoms with van der Waals surface area (Å²) in [4.78, 5) is 30.9. The van der Waals surface area contributed by atoms with Crippen LogP contribution in [-0.2, 0) is 0 Å². The van der Waals surface area contributed by atoms with Crippen LogP contribution in [0.15, 0.2) is 30.5 Å². The number of aromatic nitrogens is 2. The lowest BCUT2D eigenvalue weighted by Crippen LogP contribution is -2.32. The van der Waals surface area contributed by atoms with E-state index >= 15 is 0 Å². The predicted molar refractivity (Wildman–Crippen MR) is 67.9 cm³/mol. The molecule has 0 aliphatic heterocycles. The van der Waals surface area contributed by atoms with Crippen molar-refractivity contribution in [1.82, 2.24) is 15.4 Å². The van der Waals surface area contributed by atoms with Gasteiger partial charge in [0.2, 0.25) is 5.78 Å². The number of ketones is 1. The van der Waals surface area contributed by atoms with Gasteiger partial charge >= 0.3 is 0 Å². The van der Waals surface area contributed by atoms with E-state index < -0.39 is 17.5 Å². The van der Waals surface area contributed by atoms with Gasteiger partial charge < -0.3 is 5.73 Å². The minimum atomic E-state index is -0.793. The molecule has 0 fully saturated rings. The molecule has 0 saturated carbocycles. The van der Waals surface area contributed by atoms with Gasteiger partial charge in [-0.2, -0.15) is 0 Å². The highest BCUT2D eigenvalue weighted by Gasteiger charge is 2.19. The normalized spacial score (nSPS) is 10.1. The van der Waals surface area contributed by atoms with Crippen molar-refractivity contribution in [1.29, 1.82) is 0 Å². The first-order valence-electron chi connectivity index (χ1n) is 5.47. The lowest BCUT2D eigenvalue weighted by molar-refractivity contribution is 0.0949. The molecule has 20 heavy (non-hydrogen) atoms. The van der Waals surface area contributed by atoms with E-state index in [-0.39, 0.29) is 22.8 Å². The molecule has 0 saturated heterocycles. The number of nitrogen functional groups attached to an aromatic ring is 2. The lowest BCUT2D eigenvalue weighted by atomic mass is 10.1. The number of benzene rings is 1. The molecule has 1 heterocycles. The van der Waals surface area contributed by atoms with E-state index in [1.54, 1.807) is 0 Å². The van der Waals surface area contributed by atoms with Gasteiger partial charge in [-0.3, -0.25) is 15.0 Å². The molecule has 0 atom stereocenters. The van der Waals surface area contributed by atoms with Crippen LogP contribution in [0.5, 0.6) is 0 Å². The number of nitrogens with two attached hydrogens (primary N) is 2. The fourth-order valence-corrected chi connectivity index (χ4v) is 1.53. The fourth-order valence-electron chi connectivity index (χ4n) is 1.53. The summed E-state index contributed by atoms with van der Waals surface area (Å²) in [7, 11) is 0. The molecule has 0 unspecified atom stereocenters. The first-order chi connectivity index (χ1) is 9.54. The Labute approximate surface area is 112 Å². The predicted octanol–water partition coefficient (Wildman–Crippen LogP) is 0.0324. The number of nitrogens with one attached hydrogen (secondary N) is 1. The van der Waals surface area contributed by atoms with Crippen molar-refractivity contribution in [2.75, 3.05) is 5.73 Å². The van der Waals surface area contributed by atoms with Gasteiger partial charge in [0.1, 0.15) is 11.5 Å². The number of rotatable bonds is 3. The summed E-state index contributed by atoms with van der Waals surface area (Å²) in [5.74, 6) is 2.59. The average molecular weight is 275 g/mol. The second-order valence-corrected chi connectivity index (χ2v) is 3.77. The molecule has 2 aromatic rings. The molecule has 1 aromatic carbocycles. The van der Waals surface area contributed by atoms with E-state index in [4.69, 9.17) is 11.6 Å². The summed E-state index contributed by atoms with van der Waals surface area (Å²) >= 11 is 0. The van der Waals surface area contributed by atoms with Crippen LogP contribution in [0, 0.1) is 5.82 Å². The third kappa shape index (κ3) is 2.45. The summed E-state index contributed by atoms with van der Waals surface area (Å²) in [5.41, 5.74) is 6.61. The van der Waals surface area contributed by atoms with E-state index in [9.17, 15) is 14.0 Å². The molecular formula is C12H10FN5O2. The van der Waals surface area contributed by atoms with Crippen molar-refractivity contribution in [2.24, 2.45) is 5.84 Å². The van der Waals surface area contributed by atoms with Crippen LogP contribution < -0.4 is 17.0 Å². The highest BCUT2D eigenvalue weighted by molar-refractivity contribution is 6.08. The minimum absolute atomic E-state index is 0.175. The molecule has 102 valence electrons. The zero-order valence-electron chi connectivity index (χ0n) is 10.1. The zero-order chi connectivity index (χ0) is 14.7. The van der Waals surface area contributed by atoms with Crippen molar-refractivity contribution in [3.63, 3.8) is 0 Å².